The number of rotatable bonds is 5. The highest BCUT2D eigenvalue weighted by molar-refractivity contribution is 5.87. The van der Waals surface area contributed by atoms with Crippen molar-refractivity contribution in [2.45, 2.75) is 19.9 Å². The van der Waals surface area contributed by atoms with Gasteiger partial charge in [-0.2, -0.15) is 5.10 Å². The molecule has 0 aliphatic carbocycles. The molecule has 0 atom stereocenters. The average Bonchev–Trinajstić information content (AvgIpc) is 2.63. The first-order valence-electron chi connectivity index (χ1n) is 4.66. The van der Waals surface area contributed by atoms with Gasteiger partial charge < -0.3 is 10.4 Å². The van der Waals surface area contributed by atoms with Crippen LogP contribution in [-0.2, 0) is 11.3 Å². The number of carboxylic acid groups (broad SMARTS) is 1. The van der Waals surface area contributed by atoms with E-state index in [4.69, 9.17) is 5.11 Å². The molecule has 6 heteroatoms. The van der Waals surface area contributed by atoms with Crippen molar-refractivity contribution in [2.75, 3.05) is 6.54 Å². The summed E-state index contributed by atoms with van der Waals surface area (Å²) in [7, 11) is 0. The van der Waals surface area contributed by atoms with Gasteiger partial charge in [-0.1, -0.05) is 6.92 Å². The maximum Gasteiger partial charge on any atom is 0.338 e. The second kappa shape index (κ2) is 5.14. The standard InChI is InChI=1S/C9H13N3O3/c1-2-3-10-8(13)6-12-5-7(4-11-12)9(14)15/h4-5H,2-3,6H2,1H3,(H,10,13)(H,14,15). The van der Waals surface area contributed by atoms with Gasteiger partial charge >= 0.3 is 5.97 Å². The van der Waals surface area contributed by atoms with Gasteiger partial charge in [-0.25, -0.2) is 4.79 Å². The number of aromatic nitrogens is 2. The molecule has 0 aliphatic rings. The summed E-state index contributed by atoms with van der Waals surface area (Å²) in [5.74, 6) is -1.22. The molecule has 2 N–H and O–H groups in total. The molecule has 0 radical (unpaired) electrons. The maximum absolute atomic E-state index is 11.2. The van der Waals surface area contributed by atoms with E-state index in [2.05, 4.69) is 10.4 Å². The first kappa shape index (κ1) is 11.2. The van der Waals surface area contributed by atoms with Crippen LogP contribution >= 0.6 is 0 Å². The Hall–Kier alpha value is -1.85. The van der Waals surface area contributed by atoms with Crippen LogP contribution in [0.15, 0.2) is 12.4 Å². The van der Waals surface area contributed by atoms with Gasteiger partial charge in [-0.3, -0.25) is 9.48 Å². The Morgan fingerprint density at radius 1 is 1.60 bits per heavy atom. The van der Waals surface area contributed by atoms with Crippen molar-refractivity contribution in [3.05, 3.63) is 18.0 Å². The minimum absolute atomic E-state index is 0.0489. The third kappa shape index (κ3) is 3.41. The summed E-state index contributed by atoms with van der Waals surface area (Å²) < 4.78 is 1.30. The molecule has 0 aliphatic heterocycles. The van der Waals surface area contributed by atoms with E-state index in [9.17, 15) is 9.59 Å². The molecular formula is C9H13N3O3. The highest BCUT2D eigenvalue weighted by Gasteiger charge is 2.07. The summed E-state index contributed by atoms with van der Waals surface area (Å²) in [5.41, 5.74) is 0.0818. The maximum atomic E-state index is 11.2. The molecule has 0 saturated carbocycles. The Morgan fingerprint density at radius 3 is 2.87 bits per heavy atom. The monoisotopic (exact) mass is 211 g/mol. The lowest BCUT2D eigenvalue weighted by atomic mass is 10.4. The van der Waals surface area contributed by atoms with Gasteiger partial charge in [0, 0.05) is 12.7 Å². The van der Waals surface area contributed by atoms with Crippen LogP contribution in [0.25, 0.3) is 0 Å². The molecule has 15 heavy (non-hydrogen) atoms. The molecule has 0 aromatic carbocycles. The van der Waals surface area contributed by atoms with E-state index in [1.807, 2.05) is 6.92 Å². The first-order chi connectivity index (χ1) is 7.13. The molecule has 0 bridgehead atoms. The molecule has 0 fully saturated rings. The van der Waals surface area contributed by atoms with E-state index in [0.29, 0.717) is 6.54 Å². The lowest BCUT2D eigenvalue weighted by Gasteiger charge is -2.02. The van der Waals surface area contributed by atoms with Crippen LogP contribution in [-0.4, -0.2) is 33.3 Å². The van der Waals surface area contributed by atoms with Crippen LogP contribution in [0.1, 0.15) is 23.7 Å². The first-order valence-corrected chi connectivity index (χ1v) is 4.66. The number of nitrogens with zero attached hydrogens (tertiary/aromatic N) is 2. The van der Waals surface area contributed by atoms with Crippen LogP contribution in [0.3, 0.4) is 0 Å². The minimum Gasteiger partial charge on any atom is -0.478 e. The van der Waals surface area contributed by atoms with Gasteiger partial charge in [0.15, 0.2) is 0 Å². The predicted octanol–water partition coefficient (Wildman–Crippen LogP) is 0.107. The second-order valence-corrected chi connectivity index (χ2v) is 3.08. The number of hydrogen-bond acceptors (Lipinski definition) is 3. The van der Waals surface area contributed by atoms with Crippen LogP contribution in [0.4, 0.5) is 0 Å². The summed E-state index contributed by atoms with van der Waals surface area (Å²) in [6.07, 6.45) is 3.41. The van der Waals surface area contributed by atoms with Gasteiger partial charge in [0.1, 0.15) is 6.54 Å². The fourth-order valence-corrected chi connectivity index (χ4v) is 1.03. The largest absolute Gasteiger partial charge is 0.478 e. The van der Waals surface area contributed by atoms with Crippen LogP contribution in [0.5, 0.6) is 0 Å². The van der Waals surface area contributed by atoms with Crippen LogP contribution < -0.4 is 5.32 Å². The van der Waals surface area contributed by atoms with E-state index >= 15 is 0 Å². The molecule has 1 rings (SSSR count). The quantitative estimate of drug-likeness (QED) is 0.723. The molecule has 1 amide bonds. The number of amides is 1. The van der Waals surface area contributed by atoms with Gasteiger partial charge in [-0.05, 0) is 6.42 Å². The van der Waals surface area contributed by atoms with Crippen molar-refractivity contribution < 1.29 is 14.7 Å². The molecule has 82 valence electrons. The van der Waals surface area contributed by atoms with Crippen molar-refractivity contribution >= 4 is 11.9 Å². The van der Waals surface area contributed by atoms with E-state index in [-0.39, 0.29) is 18.0 Å². The summed E-state index contributed by atoms with van der Waals surface area (Å²) >= 11 is 0. The van der Waals surface area contributed by atoms with E-state index in [1.54, 1.807) is 0 Å². The zero-order valence-corrected chi connectivity index (χ0v) is 8.43. The summed E-state index contributed by atoms with van der Waals surface area (Å²) in [5, 5.41) is 15.1. The average molecular weight is 211 g/mol. The van der Waals surface area contributed by atoms with E-state index in [0.717, 1.165) is 6.42 Å². The number of carboxylic acids is 1. The second-order valence-electron chi connectivity index (χ2n) is 3.08. The van der Waals surface area contributed by atoms with Crippen molar-refractivity contribution in [3.63, 3.8) is 0 Å². The molecule has 1 aromatic heterocycles. The van der Waals surface area contributed by atoms with Crippen molar-refractivity contribution in [1.29, 1.82) is 0 Å². The Balaban J connectivity index is 2.50. The predicted molar refractivity (Wildman–Crippen MR) is 52.5 cm³/mol. The molecule has 1 aromatic rings. The molecule has 0 spiro atoms. The number of nitrogens with one attached hydrogen (secondary N) is 1. The van der Waals surface area contributed by atoms with Gasteiger partial charge in [0.05, 0.1) is 11.8 Å². The highest BCUT2D eigenvalue weighted by atomic mass is 16.4. The molecule has 0 saturated heterocycles. The fourth-order valence-electron chi connectivity index (χ4n) is 1.03. The molecular weight excluding hydrogens is 198 g/mol. The Morgan fingerprint density at radius 2 is 2.33 bits per heavy atom. The van der Waals surface area contributed by atoms with Crippen molar-refractivity contribution in [3.8, 4) is 0 Å². The zero-order valence-electron chi connectivity index (χ0n) is 8.43. The Labute approximate surface area is 86.9 Å². The van der Waals surface area contributed by atoms with Crippen molar-refractivity contribution in [1.82, 2.24) is 15.1 Å². The lowest BCUT2D eigenvalue weighted by Crippen LogP contribution is -2.28. The summed E-state index contributed by atoms with van der Waals surface area (Å²) in [6, 6.07) is 0. The summed E-state index contributed by atoms with van der Waals surface area (Å²) in [6.45, 7) is 2.62. The fraction of sp³-hybridized carbons (Fsp3) is 0.444. The highest BCUT2D eigenvalue weighted by Crippen LogP contribution is 1.96. The SMILES string of the molecule is CCCNC(=O)Cn1cc(C(=O)O)cn1. The number of carbonyl (C=O) groups excluding carboxylic acids is 1. The Bertz CT molecular complexity index is 359. The number of hydrogen-bond donors (Lipinski definition) is 2. The lowest BCUT2D eigenvalue weighted by molar-refractivity contribution is -0.121. The molecule has 1 heterocycles. The normalized spacial score (nSPS) is 9.93. The van der Waals surface area contributed by atoms with Crippen LogP contribution in [0, 0.1) is 0 Å². The van der Waals surface area contributed by atoms with Gasteiger partial charge in [-0.15, -0.1) is 0 Å². The third-order valence-electron chi connectivity index (χ3n) is 1.76. The minimum atomic E-state index is -1.05. The number of aromatic carboxylic acids is 1. The summed E-state index contributed by atoms with van der Waals surface area (Å²) in [4.78, 5) is 21.7. The zero-order chi connectivity index (χ0) is 11.3. The Kier molecular flexibility index (Phi) is 3.84. The molecule has 6 nitrogen and oxygen atoms in total. The van der Waals surface area contributed by atoms with Gasteiger partial charge in [0.25, 0.3) is 0 Å². The number of carbonyl (C=O) groups is 2. The van der Waals surface area contributed by atoms with Crippen LogP contribution in [0.2, 0.25) is 0 Å². The third-order valence-corrected chi connectivity index (χ3v) is 1.76. The van der Waals surface area contributed by atoms with Crippen molar-refractivity contribution in [2.24, 2.45) is 0 Å². The smallest absolute Gasteiger partial charge is 0.338 e. The van der Waals surface area contributed by atoms with Gasteiger partial charge in [0.2, 0.25) is 5.91 Å². The van der Waals surface area contributed by atoms with E-state index in [1.165, 1.54) is 17.1 Å². The topological polar surface area (TPSA) is 84.2 Å². The molecule has 0 unspecified atom stereocenters. The van der Waals surface area contributed by atoms with E-state index < -0.39 is 5.97 Å².